The zero-order valence-corrected chi connectivity index (χ0v) is 14.4. The summed E-state index contributed by atoms with van der Waals surface area (Å²) in [4.78, 5) is 12.3. The lowest BCUT2D eigenvalue weighted by atomic mass is 9.84. The Kier molecular flexibility index (Phi) is 5.09. The first-order valence-electron chi connectivity index (χ1n) is 7.38. The highest BCUT2D eigenvalue weighted by Crippen LogP contribution is 2.28. The molecule has 2 aromatic rings. The first kappa shape index (κ1) is 16.1. The minimum absolute atomic E-state index is 0.109. The highest BCUT2D eigenvalue weighted by molar-refractivity contribution is 9.09. The zero-order valence-electron chi connectivity index (χ0n) is 12.8. The molecule has 0 saturated heterocycles. The molecule has 0 aliphatic heterocycles. The summed E-state index contributed by atoms with van der Waals surface area (Å²) in [5, 5.41) is 4.86. The van der Waals surface area contributed by atoms with Crippen LogP contribution in [0.15, 0.2) is 28.7 Å². The second kappa shape index (κ2) is 6.65. The minimum Gasteiger partial charge on any atom is -0.451 e. The molecule has 114 valence electrons. The number of fused-ring (bicyclic) bond motifs is 1. The average Bonchev–Trinajstić information content (AvgIpc) is 2.92. The van der Waals surface area contributed by atoms with Gasteiger partial charge in [0, 0.05) is 17.3 Å². The van der Waals surface area contributed by atoms with Crippen LogP contribution in [-0.4, -0.2) is 17.8 Å². The highest BCUT2D eigenvalue weighted by Gasteiger charge is 2.26. The lowest BCUT2D eigenvalue weighted by Gasteiger charge is -2.29. The third-order valence-electron chi connectivity index (χ3n) is 4.30. The normalized spacial score (nSPS) is 11.8. The maximum atomic E-state index is 12.3. The Morgan fingerprint density at radius 2 is 2.00 bits per heavy atom. The van der Waals surface area contributed by atoms with Crippen molar-refractivity contribution in [1.82, 2.24) is 5.32 Å². The molecule has 1 amide bonds. The van der Waals surface area contributed by atoms with Crippen molar-refractivity contribution in [2.75, 3.05) is 11.9 Å². The maximum Gasteiger partial charge on any atom is 0.287 e. The molecule has 1 heterocycles. The summed E-state index contributed by atoms with van der Waals surface area (Å²) in [6.45, 7) is 6.99. The number of hydrogen-bond acceptors (Lipinski definition) is 2. The van der Waals surface area contributed by atoms with Gasteiger partial charge in [-0.1, -0.05) is 41.4 Å². The van der Waals surface area contributed by atoms with Gasteiger partial charge < -0.3 is 9.73 Å². The summed E-state index contributed by atoms with van der Waals surface area (Å²) in [5.41, 5.74) is 2.02. The molecule has 0 fully saturated rings. The van der Waals surface area contributed by atoms with E-state index in [2.05, 4.69) is 35.1 Å². The molecule has 21 heavy (non-hydrogen) atoms. The van der Waals surface area contributed by atoms with Crippen molar-refractivity contribution in [3.05, 3.63) is 35.6 Å². The Hall–Kier alpha value is -1.29. The minimum atomic E-state index is -0.143. The first-order chi connectivity index (χ1) is 10.0. The van der Waals surface area contributed by atoms with Crippen LogP contribution in [0.3, 0.4) is 0 Å². The van der Waals surface area contributed by atoms with Crippen LogP contribution in [0.2, 0.25) is 0 Å². The summed E-state index contributed by atoms with van der Waals surface area (Å²) in [7, 11) is 0. The standard InChI is InChI=1S/C17H22BrNO2/c1-4-17(5-2,10-18)11-19-16(20)15-9-13-8-12(3)6-7-14(13)21-15/h6-9H,4-5,10-11H2,1-3H3,(H,19,20). The number of furan rings is 1. The van der Waals surface area contributed by atoms with E-state index >= 15 is 0 Å². The number of nitrogens with one attached hydrogen (secondary N) is 1. The van der Waals surface area contributed by atoms with Gasteiger partial charge in [-0.2, -0.15) is 0 Å². The molecule has 1 aromatic heterocycles. The van der Waals surface area contributed by atoms with Crippen molar-refractivity contribution < 1.29 is 9.21 Å². The van der Waals surface area contributed by atoms with E-state index in [9.17, 15) is 4.79 Å². The van der Waals surface area contributed by atoms with Crippen molar-refractivity contribution in [3.63, 3.8) is 0 Å². The number of aryl methyl sites for hydroxylation is 1. The number of rotatable bonds is 6. The monoisotopic (exact) mass is 351 g/mol. The quantitative estimate of drug-likeness (QED) is 0.768. The fraction of sp³-hybridized carbons (Fsp3) is 0.471. The number of carbonyl (C=O) groups is 1. The Bertz CT molecular complexity index is 620. The number of alkyl halides is 1. The van der Waals surface area contributed by atoms with Crippen LogP contribution in [0.4, 0.5) is 0 Å². The Morgan fingerprint density at radius 3 is 2.62 bits per heavy atom. The third-order valence-corrected chi connectivity index (χ3v) is 5.49. The van der Waals surface area contributed by atoms with Crippen molar-refractivity contribution >= 4 is 32.8 Å². The summed E-state index contributed by atoms with van der Waals surface area (Å²) in [6.07, 6.45) is 2.04. The number of hydrogen-bond donors (Lipinski definition) is 1. The van der Waals surface area contributed by atoms with E-state index in [0.29, 0.717) is 12.3 Å². The van der Waals surface area contributed by atoms with Gasteiger partial charge in [0.05, 0.1) is 0 Å². The van der Waals surface area contributed by atoms with Crippen LogP contribution in [0.25, 0.3) is 11.0 Å². The van der Waals surface area contributed by atoms with E-state index in [1.807, 2.05) is 31.2 Å². The fourth-order valence-electron chi connectivity index (χ4n) is 2.37. The van der Waals surface area contributed by atoms with Gasteiger partial charge in [0.2, 0.25) is 0 Å². The van der Waals surface area contributed by atoms with Crippen molar-refractivity contribution in [1.29, 1.82) is 0 Å². The molecule has 0 aliphatic rings. The average molecular weight is 352 g/mol. The second-order valence-electron chi connectivity index (χ2n) is 5.68. The molecule has 1 N–H and O–H groups in total. The highest BCUT2D eigenvalue weighted by atomic mass is 79.9. The Labute approximate surface area is 134 Å². The van der Waals surface area contributed by atoms with Gasteiger partial charge in [-0.15, -0.1) is 0 Å². The molecule has 0 atom stereocenters. The summed E-state index contributed by atoms with van der Waals surface area (Å²) in [5.74, 6) is 0.238. The van der Waals surface area contributed by atoms with Gasteiger partial charge in [-0.3, -0.25) is 4.79 Å². The van der Waals surface area contributed by atoms with Gasteiger partial charge in [-0.25, -0.2) is 0 Å². The summed E-state index contributed by atoms with van der Waals surface area (Å²) < 4.78 is 5.63. The SMILES string of the molecule is CCC(CC)(CBr)CNC(=O)c1cc2cc(C)ccc2o1. The van der Waals surface area contributed by atoms with Gasteiger partial charge in [-0.05, 0) is 43.4 Å². The van der Waals surface area contributed by atoms with Crippen LogP contribution < -0.4 is 5.32 Å². The molecule has 0 saturated carbocycles. The van der Waals surface area contributed by atoms with Crippen molar-refractivity contribution in [3.8, 4) is 0 Å². The van der Waals surface area contributed by atoms with E-state index in [1.165, 1.54) is 0 Å². The lowest BCUT2D eigenvalue weighted by Crippen LogP contribution is -2.38. The molecule has 4 heteroatoms. The molecule has 3 nitrogen and oxygen atoms in total. The number of halogens is 1. The van der Waals surface area contributed by atoms with Gasteiger partial charge >= 0.3 is 0 Å². The molecule has 0 aliphatic carbocycles. The van der Waals surface area contributed by atoms with E-state index in [0.717, 1.165) is 34.7 Å². The topological polar surface area (TPSA) is 42.2 Å². The van der Waals surface area contributed by atoms with Crippen molar-refractivity contribution in [2.24, 2.45) is 5.41 Å². The van der Waals surface area contributed by atoms with E-state index < -0.39 is 0 Å². The molecule has 0 spiro atoms. The first-order valence-corrected chi connectivity index (χ1v) is 8.50. The largest absolute Gasteiger partial charge is 0.451 e. The second-order valence-corrected chi connectivity index (χ2v) is 6.24. The number of carbonyl (C=O) groups excluding carboxylic acids is 1. The van der Waals surface area contributed by atoms with E-state index in [4.69, 9.17) is 4.42 Å². The zero-order chi connectivity index (χ0) is 15.5. The van der Waals surface area contributed by atoms with Crippen molar-refractivity contribution in [2.45, 2.75) is 33.6 Å². The molecule has 0 radical (unpaired) electrons. The predicted octanol–water partition coefficient (Wildman–Crippen LogP) is 4.67. The smallest absolute Gasteiger partial charge is 0.287 e. The number of amides is 1. The molecular formula is C17H22BrNO2. The molecule has 1 aromatic carbocycles. The van der Waals surface area contributed by atoms with Gasteiger partial charge in [0.1, 0.15) is 5.58 Å². The van der Waals surface area contributed by atoms with Crippen LogP contribution in [-0.2, 0) is 0 Å². The van der Waals surface area contributed by atoms with Crippen LogP contribution in [0.1, 0.15) is 42.8 Å². The molecule has 2 rings (SSSR count). The molecule has 0 bridgehead atoms. The lowest BCUT2D eigenvalue weighted by molar-refractivity contribution is 0.0906. The van der Waals surface area contributed by atoms with Gasteiger partial charge in [0.25, 0.3) is 5.91 Å². The third kappa shape index (κ3) is 3.49. The number of benzene rings is 1. The fourth-order valence-corrected chi connectivity index (χ4v) is 3.36. The molecule has 0 unspecified atom stereocenters. The van der Waals surface area contributed by atoms with Gasteiger partial charge in [0.15, 0.2) is 5.76 Å². The summed E-state index contributed by atoms with van der Waals surface area (Å²) >= 11 is 3.56. The maximum absolute atomic E-state index is 12.3. The van der Waals surface area contributed by atoms with Crippen LogP contribution in [0.5, 0.6) is 0 Å². The summed E-state index contributed by atoms with van der Waals surface area (Å²) in [6, 6.07) is 7.72. The molecular weight excluding hydrogens is 330 g/mol. The van der Waals surface area contributed by atoms with E-state index in [-0.39, 0.29) is 11.3 Å². The van der Waals surface area contributed by atoms with E-state index in [1.54, 1.807) is 0 Å². The van der Waals surface area contributed by atoms with Crippen LogP contribution in [0, 0.1) is 12.3 Å². The Morgan fingerprint density at radius 1 is 1.29 bits per heavy atom. The Balaban J connectivity index is 2.12. The van der Waals surface area contributed by atoms with Crippen LogP contribution >= 0.6 is 15.9 Å². The predicted molar refractivity (Wildman–Crippen MR) is 90.1 cm³/mol.